The Morgan fingerprint density at radius 2 is 1.82 bits per heavy atom. The van der Waals surface area contributed by atoms with Crippen molar-refractivity contribution in [2.24, 2.45) is 28.6 Å². The number of hydrogen-bond donors (Lipinski definition) is 2. The molecule has 3 fully saturated rings. The van der Waals surface area contributed by atoms with Gasteiger partial charge in [0.1, 0.15) is 5.41 Å². The molecule has 0 saturated heterocycles. The number of ether oxygens (including phenoxy) is 1. The maximum absolute atomic E-state index is 12.6. The highest BCUT2D eigenvalue weighted by Gasteiger charge is 2.50. The summed E-state index contributed by atoms with van der Waals surface area (Å²) in [7, 11) is 1.31. The molecule has 0 aromatic heterocycles. The Bertz CT molecular complexity index is 823. The van der Waals surface area contributed by atoms with Crippen molar-refractivity contribution >= 4 is 11.8 Å². The largest absolute Gasteiger partial charge is 0.468 e. The summed E-state index contributed by atoms with van der Waals surface area (Å²) in [6.07, 6.45) is 14.7. The van der Waals surface area contributed by atoms with Crippen molar-refractivity contribution in [3.63, 3.8) is 0 Å². The van der Waals surface area contributed by atoms with E-state index < -0.39 is 23.6 Å². The van der Waals surface area contributed by atoms with E-state index in [4.69, 9.17) is 4.74 Å². The third kappa shape index (κ3) is 5.51. The van der Waals surface area contributed by atoms with Crippen molar-refractivity contribution in [1.82, 2.24) is 0 Å². The second-order valence-electron chi connectivity index (χ2n) is 11.3. The Labute approximate surface area is 199 Å². The number of ketones is 1. The minimum absolute atomic E-state index is 0.193. The first-order chi connectivity index (χ1) is 15.5. The Balaban J connectivity index is 1.72. The van der Waals surface area contributed by atoms with Gasteiger partial charge < -0.3 is 14.9 Å². The molecule has 0 radical (unpaired) electrons. The van der Waals surface area contributed by atoms with Crippen LogP contribution < -0.4 is 0 Å². The van der Waals surface area contributed by atoms with Crippen LogP contribution in [0.3, 0.4) is 0 Å². The SMILES string of the molecule is COC(=O)C(C)(C)C(=O)C=C[C@@H](C)[C@H]1CC[C@H]2C(=CC=C3C[C@@H](O)C[C@H](O)C3)CCC[C@]12C. The van der Waals surface area contributed by atoms with Crippen LogP contribution in [0.4, 0.5) is 0 Å². The standard InChI is InChI=1S/C28H42O5/c1-18(8-13-25(31)27(2,3)26(32)33-5)23-11-12-24-20(7-6-14-28(23,24)4)10-9-19-15-21(29)17-22(30)16-19/h8-10,13,18,21-24,29-30H,6-7,11-12,14-17H2,1-5H3/t18-,21-,22-,23-,24+,28-/m1/s1. The van der Waals surface area contributed by atoms with Gasteiger partial charge in [0.05, 0.1) is 19.3 Å². The Kier molecular flexibility index (Phi) is 8.06. The molecule has 33 heavy (non-hydrogen) atoms. The molecule has 3 aliphatic carbocycles. The molecular formula is C28H42O5. The lowest BCUT2D eigenvalue weighted by molar-refractivity contribution is -0.154. The van der Waals surface area contributed by atoms with Gasteiger partial charge in [-0.25, -0.2) is 0 Å². The third-order valence-electron chi connectivity index (χ3n) is 8.61. The van der Waals surface area contributed by atoms with Crippen molar-refractivity contribution in [2.45, 2.75) is 91.3 Å². The molecule has 2 N–H and O–H groups in total. The Hall–Kier alpha value is -1.72. The van der Waals surface area contributed by atoms with Crippen molar-refractivity contribution in [2.75, 3.05) is 7.11 Å². The van der Waals surface area contributed by atoms with Crippen LogP contribution in [-0.4, -0.2) is 41.3 Å². The quantitative estimate of drug-likeness (QED) is 0.335. The number of aliphatic hydroxyl groups is 2. The monoisotopic (exact) mass is 458 g/mol. The minimum Gasteiger partial charge on any atom is -0.468 e. The molecule has 0 aromatic rings. The first kappa shape index (κ1) is 25.9. The van der Waals surface area contributed by atoms with Crippen LogP contribution in [-0.2, 0) is 14.3 Å². The number of rotatable bonds is 6. The molecule has 0 unspecified atom stereocenters. The Morgan fingerprint density at radius 3 is 2.45 bits per heavy atom. The summed E-state index contributed by atoms with van der Waals surface area (Å²) in [5.74, 6) is 0.547. The fraction of sp³-hybridized carbons (Fsp3) is 0.714. The van der Waals surface area contributed by atoms with Crippen LogP contribution >= 0.6 is 0 Å². The highest BCUT2D eigenvalue weighted by Crippen LogP contribution is 2.59. The average Bonchev–Trinajstić information content (AvgIpc) is 3.11. The topological polar surface area (TPSA) is 83.8 Å². The molecule has 0 heterocycles. The van der Waals surface area contributed by atoms with E-state index in [-0.39, 0.29) is 17.1 Å². The summed E-state index contributed by atoms with van der Waals surface area (Å²) in [4.78, 5) is 24.6. The smallest absolute Gasteiger partial charge is 0.319 e. The zero-order valence-electron chi connectivity index (χ0n) is 21.0. The molecule has 3 saturated carbocycles. The zero-order chi connectivity index (χ0) is 24.4. The van der Waals surface area contributed by atoms with Gasteiger partial charge in [0, 0.05) is 0 Å². The molecule has 0 bridgehead atoms. The fourth-order valence-electron chi connectivity index (χ4n) is 6.61. The summed E-state index contributed by atoms with van der Waals surface area (Å²) in [5.41, 5.74) is 1.66. The van der Waals surface area contributed by atoms with Gasteiger partial charge in [-0.15, -0.1) is 0 Å². The highest BCUT2D eigenvalue weighted by molar-refractivity contribution is 6.08. The molecule has 0 aliphatic heterocycles. The number of carbonyl (C=O) groups excluding carboxylic acids is 2. The van der Waals surface area contributed by atoms with E-state index in [2.05, 4.69) is 26.0 Å². The van der Waals surface area contributed by atoms with Gasteiger partial charge in [-0.05, 0) is 94.5 Å². The summed E-state index contributed by atoms with van der Waals surface area (Å²) < 4.78 is 4.79. The number of esters is 1. The number of allylic oxidation sites excluding steroid dienone is 5. The van der Waals surface area contributed by atoms with E-state index in [1.165, 1.54) is 19.1 Å². The van der Waals surface area contributed by atoms with E-state index in [1.807, 2.05) is 6.08 Å². The third-order valence-corrected chi connectivity index (χ3v) is 8.61. The predicted molar refractivity (Wildman–Crippen MR) is 129 cm³/mol. The van der Waals surface area contributed by atoms with E-state index in [1.54, 1.807) is 19.9 Å². The highest BCUT2D eigenvalue weighted by atomic mass is 16.5. The van der Waals surface area contributed by atoms with Gasteiger partial charge in [0.25, 0.3) is 0 Å². The maximum Gasteiger partial charge on any atom is 0.319 e. The molecule has 5 nitrogen and oxygen atoms in total. The van der Waals surface area contributed by atoms with Crippen LogP contribution in [0.15, 0.2) is 35.5 Å². The molecule has 0 amide bonds. The summed E-state index contributed by atoms with van der Waals surface area (Å²) >= 11 is 0. The van der Waals surface area contributed by atoms with Crippen LogP contribution in [0.25, 0.3) is 0 Å². The van der Waals surface area contributed by atoms with Crippen LogP contribution in [0.1, 0.15) is 79.1 Å². The van der Waals surface area contributed by atoms with Gasteiger partial charge in [-0.1, -0.05) is 43.2 Å². The summed E-state index contributed by atoms with van der Waals surface area (Å²) in [5, 5.41) is 20.0. The van der Waals surface area contributed by atoms with Gasteiger partial charge in [0.2, 0.25) is 0 Å². The number of aliphatic hydroxyl groups excluding tert-OH is 2. The van der Waals surface area contributed by atoms with E-state index >= 15 is 0 Å². The normalized spacial score (nSPS) is 34.9. The zero-order valence-corrected chi connectivity index (χ0v) is 21.0. The van der Waals surface area contributed by atoms with Crippen molar-refractivity contribution < 1.29 is 24.5 Å². The number of methoxy groups -OCH3 is 1. The van der Waals surface area contributed by atoms with Gasteiger partial charge in [-0.2, -0.15) is 0 Å². The van der Waals surface area contributed by atoms with Crippen molar-refractivity contribution in [3.05, 3.63) is 35.5 Å². The first-order valence-corrected chi connectivity index (χ1v) is 12.5. The summed E-state index contributed by atoms with van der Waals surface area (Å²) in [6, 6.07) is 0. The number of fused-ring (bicyclic) bond motifs is 1. The van der Waals surface area contributed by atoms with Gasteiger partial charge >= 0.3 is 5.97 Å². The molecule has 0 aromatic carbocycles. The summed E-state index contributed by atoms with van der Waals surface area (Å²) in [6.45, 7) is 7.83. The minimum atomic E-state index is -1.17. The molecule has 3 aliphatic rings. The lowest BCUT2D eigenvalue weighted by Gasteiger charge is -2.44. The van der Waals surface area contributed by atoms with Gasteiger partial charge in [0.15, 0.2) is 5.78 Å². The van der Waals surface area contributed by atoms with Crippen LogP contribution in [0.2, 0.25) is 0 Å². The van der Waals surface area contributed by atoms with Crippen LogP contribution in [0.5, 0.6) is 0 Å². The lowest BCUT2D eigenvalue weighted by Crippen LogP contribution is -2.36. The second-order valence-corrected chi connectivity index (χ2v) is 11.3. The van der Waals surface area contributed by atoms with E-state index in [0.29, 0.717) is 31.1 Å². The first-order valence-electron chi connectivity index (χ1n) is 12.5. The maximum atomic E-state index is 12.6. The van der Waals surface area contributed by atoms with E-state index in [9.17, 15) is 19.8 Å². The Morgan fingerprint density at radius 1 is 1.15 bits per heavy atom. The number of hydrogen-bond acceptors (Lipinski definition) is 5. The molecule has 3 rings (SSSR count). The van der Waals surface area contributed by atoms with Gasteiger partial charge in [-0.3, -0.25) is 9.59 Å². The predicted octanol–water partition coefficient (Wildman–Crippen LogP) is 4.92. The second kappa shape index (κ2) is 10.3. The molecular weight excluding hydrogens is 416 g/mol. The van der Waals surface area contributed by atoms with Crippen molar-refractivity contribution in [1.29, 1.82) is 0 Å². The van der Waals surface area contributed by atoms with Crippen LogP contribution in [0, 0.1) is 28.6 Å². The van der Waals surface area contributed by atoms with E-state index in [0.717, 1.165) is 31.3 Å². The molecule has 5 heteroatoms. The average molecular weight is 459 g/mol. The molecule has 6 atom stereocenters. The molecule has 184 valence electrons. The number of carbonyl (C=O) groups is 2. The fourth-order valence-corrected chi connectivity index (χ4v) is 6.61. The van der Waals surface area contributed by atoms with Crippen molar-refractivity contribution in [3.8, 4) is 0 Å². The molecule has 0 spiro atoms. The lowest BCUT2D eigenvalue weighted by atomic mass is 9.61.